The zero-order valence-electron chi connectivity index (χ0n) is 12.3. The van der Waals surface area contributed by atoms with Crippen LogP contribution >= 0.6 is 0 Å². The summed E-state index contributed by atoms with van der Waals surface area (Å²) in [7, 11) is 0. The van der Waals surface area contributed by atoms with Gasteiger partial charge < -0.3 is 14.4 Å². The Kier molecular flexibility index (Phi) is 4.05. The van der Waals surface area contributed by atoms with Crippen LogP contribution < -0.4 is 10.5 Å². The van der Waals surface area contributed by atoms with E-state index in [1.807, 2.05) is 6.92 Å². The van der Waals surface area contributed by atoms with Crippen molar-refractivity contribution >= 4 is 5.82 Å². The molecule has 20 heavy (non-hydrogen) atoms. The first kappa shape index (κ1) is 13.6. The van der Waals surface area contributed by atoms with E-state index in [2.05, 4.69) is 14.8 Å². The van der Waals surface area contributed by atoms with E-state index in [0.717, 1.165) is 25.9 Å². The second-order valence-electron chi connectivity index (χ2n) is 5.80. The normalized spacial score (nSPS) is 21.6. The number of aryl methyl sites for hydroxylation is 1. The molecule has 2 aliphatic heterocycles. The van der Waals surface area contributed by atoms with E-state index in [4.69, 9.17) is 0 Å². The van der Waals surface area contributed by atoms with Gasteiger partial charge in [0.25, 0.3) is 5.56 Å². The van der Waals surface area contributed by atoms with Gasteiger partial charge in [-0.1, -0.05) is 0 Å². The lowest BCUT2D eigenvalue weighted by molar-refractivity contribution is 0.207. The molecule has 3 rings (SSSR count). The Morgan fingerprint density at radius 3 is 2.55 bits per heavy atom. The van der Waals surface area contributed by atoms with E-state index in [0.29, 0.717) is 18.4 Å². The van der Waals surface area contributed by atoms with Crippen LogP contribution in [0.25, 0.3) is 0 Å². The molecule has 1 aromatic heterocycles. The molecule has 5 nitrogen and oxygen atoms in total. The summed E-state index contributed by atoms with van der Waals surface area (Å²) in [4.78, 5) is 21.4. The number of rotatable bonds is 3. The van der Waals surface area contributed by atoms with Gasteiger partial charge in [-0.25, -0.2) is 4.98 Å². The summed E-state index contributed by atoms with van der Waals surface area (Å²) in [6.45, 7) is 7.13. The molecule has 0 amide bonds. The third kappa shape index (κ3) is 2.59. The first-order valence-electron chi connectivity index (χ1n) is 7.84. The summed E-state index contributed by atoms with van der Waals surface area (Å²) in [5.74, 6) is 0.634. The minimum absolute atomic E-state index is 0.0506. The Morgan fingerprint density at radius 1 is 1.20 bits per heavy atom. The third-order valence-electron chi connectivity index (χ3n) is 4.66. The van der Waals surface area contributed by atoms with E-state index < -0.39 is 0 Å². The van der Waals surface area contributed by atoms with Crippen molar-refractivity contribution in [2.24, 2.45) is 0 Å². The third-order valence-corrected chi connectivity index (χ3v) is 4.66. The fourth-order valence-corrected chi connectivity index (χ4v) is 3.45. The second-order valence-corrected chi connectivity index (χ2v) is 5.80. The Morgan fingerprint density at radius 2 is 1.90 bits per heavy atom. The molecule has 0 N–H and O–H groups in total. The molecule has 0 bridgehead atoms. The number of piperidine rings is 1. The number of nitrogens with zero attached hydrogens (tertiary/aromatic N) is 4. The van der Waals surface area contributed by atoms with E-state index in [-0.39, 0.29) is 5.56 Å². The lowest BCUT2D eigenvalue weighted by Crippen LogP contribution is -2.45. The molecule has 0 radical (unpaired) electrons. The number of aromatic nitrogens is 2. The molecule has 2 saturated heterocycles. The first-order valence-corrected chi connectivity index (χ1v) is 7.84. The molecule has 2 aliphatic rings. The summed E-state index contributed by atoms with van der Waals surface area (Å²) in [5, 5.41) is 0. The maximum atomic E-state index is 12.3. The number of anilines is 1. The maximum absolute atomic E-state index is 12.3. The van der Waals surface area contributed by atoms with Crippen LogP contribution in [0.1, 0.15) is 32.6 Å². The monoisotopic (exact) mass is 276 g/mol. The number of hydrogen-bond donors (Lipinski definition) is 0. The smallest absolute Gasteiger partial charge is 0.293 e. The molecular weight excluding hydrogens is 252 g/mol. The van der Waals surface area contributed by atoms with E-state index in [1.54, 1.807) is 17.0 Å². The van der Waals surface area contributed by atoms with Crippen LogP contribution in [0.3, 0.4) is 0 Å². The average Bonchev–Trinajstić information content (AvgIpc) is 3.02. The van der Waals surface area contributed by atoms with Crippen molar-refractivity contribution in [3.63, 3.8) is 0 Å². The van der Waals surface area contributed by atoms with Gasteiger partial charge in [0.1, 0.15) is 0 Å². The highest BCUT2D eigenvalue weighted by atomic mass is 16.1. The van der Waals surface area contributed by atoms with Crippen LogP contribution in [0.4, 0.5) is 5.82 Å². The van der Waals surface area contributed by atoms with Crippen molar-refractivity contribution in [3.05, 3.63) is 22.7 Å². The predicted molar refractivity (Wildman–Crippen MR) is 80.2 cm³/mol. The Balaban J connectivity index is 1.67. The van der Waals surface area contributed by atoms with Gasteiger partial charge in [-0.05, 0) is 45.7 Å². The number of hydrogen-bond acceptors (Lipinski definition) is 4. The molecule has 5 heteroatoms. The number of likely N-dealkylation sites (tertiary alicyclic amines) is 1. The summed E-state index contributed by atoms with van der Waals surface area (Å²) < 4.78 is 1.73. The minimum Gasteiger partial charge on any atom is -0.352 e. The van der Waals surface area contributed by atoms with Crippen molar-refractivity contribution in [1.29, 1.82) is 0 Å². The van der Waals surface area contributed by atoms with Crippen LogP contribution in [0.15, 0.2) is 17.2 Å². The van der Waals surface area contributed by atoms with Gasteiger partial charge in [-0.15, -0.1) is 0 Å². The lowest BCUT2D eigenvalue weighted by atomic mass is 10.0. The topological polar surface area (TPSA) is 41.4 Å². The molecule has 0 aliphatic carbocycles. The van der Waals surface area contributed by atoms with Gasteiger partial charge in [-0.3, -0.25) is 4.79 Å². The van der Waals surface area contributed by atoms with Crippen LogP contribution in [-0.2, 0) is 6.54 Å². The summed E-state index contributed by atoms with van der Waals surface area (Å²) >= 11 is 0. The van der Waals surface area contributed by atoms with Crippen molar-refractivity contribution in [2.45, 2.75) is 45.2 Å². The molecule has 0 unspecified atom stereocenters. The van der Waals surface area contributed by atoms with Gasteiger partial charge in [0.2, 0.25) is 0 Å². The highest BCUT2D eigenvalue weighted by molar-refractivity contribution is 5.36. The molecule has 0 atom stereocenters. The maximum Gasteiger partial charge on any atom is 0.293 e. The Bertz CT molecular complexity index is 499. The highest BCUT2D eigenvalue weighted by Gasteiger charge is 2.27. The molecule has 1 aromatic rings. The highest BCUT2D eigenvalue weighted by Crippen LogP contribution is 2.22. The molecule has 0 aromatic carbocycles. The fraction of sp³-hybridized carbons (Fsp3) is 0.733. The van der Waals surface area contributed by atoms with Crippen LogP contribution in [0, 0.1) is 0 Å². The van der Waals surface area contributed by atoms with E-state index in [1.165, 1.54) is 25.9 Å². The van der Waals surface area contributed by atoms with Crippen molar-refractivity contribution < 1.29 is 0 Å². The van der Waals surface area contributed by atoms with Crippen LogP contribution in [0.2, 0.25) is 0 Å². The molecule has 110 valence electrons. The summed E-state index contributed by atoms with van der Waals surface area (Å²) in [6.07, 6.45) is 8.52. The Hall–Kier alpha value is -1.36. The van der Waals surface area contributed by atoms with E-state index in [9.17, 15) is 4.79 Å². The SMILES string of the molecule is CCn1ccnc(N2CCC(N3CCCC3)CC2)c1=O. The van der Waals surface area contributed by atoms with Crippen LogP contribution in [0.5, 0.6) is 0 Å². The standard InChI is InChI=1S/C15H24N4O/c1-2-17-12-7-16-14(15(17)20)19-10-5-13(6-11-19)18-8-3-4-9-18/h7,12-13H,2-6,8-11H2,1H3. The minimum atomic E-state index is 0.0506. The van der Waals surface area contributed by atoms with Gasteiger partial charge in [0.15, 0.2) is 5.82 Å². The molecule has 2 fully saturated rings. The van der Waals surface area contributed by atoms with Crippen molar-refractivity contribution in [1.82, 2.24) is 14.5 Å². The quantitative estimate of drug-likeness (QED) is 0.835. The predicted octanol–water partition coefficient (Wildman–Crippen LogP) is 1.33. The second kappa shape index (κ2) is 5.95. The first-order chi connectivity index (χ1) is 9.79. The zero-order chi connectivity index (χ0) is 13.9. The molecule has 0 spiro atoms. The van der Waals surface area contributed by atoms with Crippen LogP contribution in [-0.4, -0.2) is 46.7 Å². The Labute approximate surface area is 120 Å². The molecular formula is C15H24N4O. The average molecular weight is 276 g/mol. The van der Waals surface area contributed by atoms with Gasteiger partial charge in [0, 0.05) is 38.1 Å². The van der Waals surface area contributed by atoms with Gasteiger partial charge >= 0.3 is 0 Å². The molecule has 3 heterocycles. The summed E-state index contributed by atoms with van der Waals surface area (Å²) in [6, 6.07) is 0.714. The van der Waals surface area contributed by atoms with Gasteiger partial charge in [0.05, 0.1) is 0 Å². The summed E-state index contributed by atoms with van der Waals surface area (Å²) in [5.41, 5.74) is 0.0506. The molecule has 0 saturated carbocycles. The zero-order valence-corrected chi connectivity index (χ0v) is 12.3. The lowest BCUT2D eigenvalue weighted by Gasteiger charge is -2.36. The van der Waals surface area contributed by atoms with Crippen molar-refractivity contribution in [2.75, 3.05) is 31.1 Å². The van der Waals surface area contributed by atoms with E-state index >= 15 is 0 Å². The largest absolute Gasteiger partial charge is 0.352 e. The fourth-order valence-electron chi connectivity index (χ4n) is 3.45. The van der Waals surface area contributed by atoms with Crippen molar-refractivity contribution in [3.8, 4) is 0 Å². The van der Waals surface area contributed by atoms with Gasteiger partial charge in [-0.2, -0.15) is 0 Å².